The molecule has 0 aliphatic heterocycles. The van der Waals surface area contributed by atoms with Crippen LogP contribution in [0.5, 0.6) is 5.75 Å². The Labute approximate surface area is 132 Å². The van der Waals surface area contributed by atoms with Crippen molar-refractivity contribution < 1.29 is 9.53 Å². The number of hydrogen-bond donors (Lipinski definition) is 2. The summed E-state index contributed by atoms with van der Waals surface area (Å²) in [5, 5.41) is 5.71. The number of benzene rings is 1. The molecule has 0 spiro atoms. The van der Waals surface area contributed by atoms with Crippen molar-refractivity contribution in [3.63, 3.8) is 0 Å². The second kappa shape index (κ2) is 9.13. The van der Waals surface area contributed by atoms with Crippen molar-refractivity contribution in [2.24, 2.45) is 0 Å². The van der Waals surface area contributed by atoms with Crippen LogP contribution in [-0.2, 0) is 0 Å². The molecule has 120 valence electrons. The second-order valence-electron chi connectivity index (χ2n) is 5.65. The van der Waals surface area contributed by atoms with E-state index in [9.17, 15) is 4.79 Å². The number of ether oxygens (including phenoxy) is 1. The van der Waals surface area contributed by atoms with E-state index in [4.69, 9.17) is 4.74 Å². The van der Waals surface area contributed by atoms with E-state index in [-0.39, 0.29) is 6.03 Å². The molecule has 2 amide bonds. The summed E-state index contributed by atoms with van der Waals surface area (Å²) in [6.07, 6.45) is 8.25. The molecule has 0 aromatic heterocycles. The summed E-state index contributed by atoms with van der Waals surface area (Å²) in [7, 11) is 0. The molecule has 0 saturated heterocycles. The van der Waals surface area contributed by atoms with Crippen LogP contribution in [0.4, 0.5) is 4.79 Å². The lowest BCUT2D eigenvalue weighted by atomic mass is 9.97. The average Bonchev–Trinajstić information content (AvgIpc) is 2.54. The summed E-state index contributed by atoms with van der Waals surface area (Å²) in [5.41, 5.74) is 2.59. The summed E-state index contributed by atoms with van der Waals surface area (Å²) >= 11 is 0. The maximum Gasteiger partial charge on any atom is 0.314 e. The van der Waals surface area contributed by atoms with E-state index in [2.05, 4.69) is 16.7 Å². The van der Waals surface area contributed by atoms with Gasteiger partial charge in [-0.05, 0) is 50.7 Å². The fourth-order valence-corrected chi connectivity index (χ4v) is 2.57. The number of urea groups is 1. The first-order valence-corrected chi connectivity index (χ1v) is 8.14. The third-order valence-corrected chi connectivity index (χ3v) is 3.86. The van der Waals surface area contributed by atoms with Gasteiger partial charge in [-0.25, -0.2) is 4.79 Å². The van der Waals surface area contributed by atoms with Gasteiger partial charge < -0.3 is 15.4 Å². The molecule has 0 heterocycles. The van der Waals surface area contributed by atoms with Crippen LogP contribution in [0.3, 0.4) is 0 Å². The van der Waals surface area contributed by atoms with E-state index in [0.29, 0.717) is 19.7 Å². The largest absolute Gasteiger partial charge is 0.491 e. The van der Waals surface area contributed by atoms with Crippen molar-refractivity contribution in [3.8, 4) is 5.75 Å². The van der Waals surface area contributed by atoms with Crippen molar-refractivity contribution in [1.29, 1.82) is 0 Å². The summed E-state index contributed by atoms with van der Waals surface area (Å²) in [4.78, 5) is 11.7. The molecule has 4 heteroatoms. The van der Waals surface area contributed by atoms with Crippen LogP contribution in [0.15, 0.2) is 35.9 Å². The van der Waals surface area contributed by atoms with Crippen molar-refractivity contribution in [2.75, 3.05) is 19.7 Å². The molecular formula is C18H26N2O2. The Morgan fingerprint density at radius 3 is 2.77 bits per heavy atom. The third kappa shape index (κ3) is 5.80. The van der Waals surface area contributed by atoms with Crippen molar-refractivity contribution in [1.82, 2.24) is 10.6 Å². The number of rotatable bonds is 7. The minimum Gasteiger partial charge on any atom is -0.491 e. The molecular weight excluding hydrogens is 276 g/mol. The standard InChI is InChI=1S/C18H26N2O2/c1-15-7-5-6-10-17(15)22-14-13-20-18(21)19-12-11-16-8-3-2-4-9-16/h5-8,10H,2-4,9,11-14H2,1H3,(H2,19,20,21). The number of aryl methyl sites for hydroxylation is 1. The number of nitrogens with one attached hydrogen (secondary N) is 2. The summed E-state index contributed by atoms with van der Waals surface area (Å²) in [5.74, 6) is 0.869. The molecule has 1 aromatic rings. The monoisotopic (exact) mass is 302 g/mol. The topological polar surface area (TPSA) is 50.4 Å². The molecule has 2 N–H and O–H groups in total. The highest BCUT2D eigenvalue weighted by molar-refractivity contribution is 5.73. The lowest BCUT2D eigenvalue weighted by Gasteiger charge is -2.13. The zero-order chi connectivity index (χ0) is 15.6. The van der Waals surface area contributed by atoms with Gasteiger partial charge in [0.25, 0.3) is 0 Å². The number of para-hydroxylation sites is 1. The number of amides is 2. The SMILES string of the molecule is Cc1ccccc1OCCNC(=O)NCCC1=CCCCC1. The molecule has 1 aromatic carbocycles. The molecule has 22 heavy (non-hydrogen) atoms. The Bertz CT molecular complexity index is 512. The van der Waals surface area contributed by atoms with Crippen LogP contribution in [0.2, 0.25) is 0 Å². The van der Waals surface area contributed by atoms with E-state index in [1.807, 2.05) is 31.2 Å². The van der Waals surface area contributed by atoms with E-state index in [0.717, 1.165) is 17.7 Å². The number of allylic oxidation sites excluding steroid dienone is 1. The van der Waals surface area contributed by atoms with Gasteiger partial charge in [-0.3, -0.25) is 0 Å². The van der Waals surface area contributed by atoms with Crippen molar-refractivity contribution in [3.05, 3.63) is 41.5 Å². The summed E-state index contributed by atoms with van der Waals surface area (Å²) in [6, 6.07) is 7.76. The van der Waals surface area contributed by atoms with E-state index in [1.54, 1.807) is 0 Å². The predicted octanol–water partition coefficient (Wildman–Crippen LogP) is 3.56. The molecule has 0 atom stereocenters. The second-order valence-corrected chi connectivity index (χ2v) is 5.65. The van der Waals surface area contributed by atoms with Gasteiger partial charge in [-0.15, -0.1) is 0 Å². The normalized spacial score (nSPS) is 14.1. The van der Waals surface area contributed by atoms with Gasteiger partial charge in [-0.2, -0.15) is 0 Å². The maximum absolute atomic E-state index is 11.7. The van der Waals surface area contributed by atoms with Crippen molar-refractivity contribution >= 4 is 6.03 Å². The zero-order valence-corrected chi connectivity index (χ0v) is 13.4. The maximum atomic E-state index is 11.7. The van der Waals surface area contributed by atoms with Crippen LogP contribution in [0.25, 0.3) is 0 Å². The highest BCUT2D eigenvalue weighted by atomic mass is 16.5. The summed E-state index contributed by atoms with van der Waals surface area (Å²) < 4.78 is 5.64. The zero-order valence-electron chi connectivity index (χ0n) is 13.4. The average molecular weight is 302 g/mol. The highest BCUT2D eigenvalue weighted by Crippen LogP contribution is 2.19. The van der Waals surface area contributed by atoms with Gasteiger partial charge in [0.2, 0.25) is 0 Å². The minimum atomic E-state index is -0.121. The molecule has 1 aliphatic rings. The highest BCUT2D eigenvalue weighted by Gasteiger charge is 2.05. The number of carbonyl (C=O) groups excluding carboxylic acids is 1. The van der Waals surface area contributed by atoms with Gasteiger partial charge in [0.05, 0.1) is 6.54 Å². The van der Waals surface area contributed by atoms with Crippen LogP contribution in [0.1, 0.15) is 37.7 Å². The van der Waals surface area contributed by atoms with Crippen LogP contribution >= 0.6 is 0 Å². The molecule has 4 nitrogen and oxygen atoms in total. The van der Waals surface area contributed by atoms with Gasteiger partial charge in [0.15, 0.2) is 0 Å². The first-order chi connectivity index (χ1) is 10.8. The molecule has 2 rings (SSSR count). The quantitative estimate of drug-likeness (QED) is 0.597. The van der Waals surface area contributed by atoms with E-state index < -0.39 is 0 Å². The van der Waals surface area contributed by atoms with Gasteiger partial charge in [-0.1, -0.05) is 29.8 Å². The van der Waals surface area contributed by atoms with Gasteiger partial charge in [0.1, 0.15) is 12.4 Å². The van der Waals surface area contributed by atoms with Crippen molar-refractivity contribution in [2.45, 2.75) is 39.0 Å². The fourth-order valence-electron chi connectivity index (χ4n) is 2.57. The fraction of sp³-hybridized carbons (Fsp3) is 0.500. The molecule has 0 fully saturated rings. The van der Waals surface area contributed by atoms with E-state index >= 15 is 0 Å². The lowest BCUT2D eigenvalue weighted by Crippen LogP contribution is -2.38. The van der Waals surface area contributed by atoms with Crippen LogP contribution in [0, 0.1) is 6.92 Å². The lowest BCUT2D eigenvalue weighted by molar-refractivity contribution is 0.236. The third-order valence-electron chi connectivity index (χ3n) is 3.86. The molecule has 0 bridgehead atoms. The van der Waals surface area contributed by atoms with Gasteiger partial charge in [0, 0.05) is 6.54 Å². The Kier molecular flexibility index (Phi) is 6.81. The predicted molar refractivity (Wildman–Crippen MR) is 89.2 cm³/mol. The Hall–Kier alpha value is -1.97. The number of carbonyl (C=O) groups is 1. The Morgan fingerprint density at radius 2 is 2.00 bits per heavy atom. The van der Waals surface area contributed by atoms with E-state index in [1.165, 1.54) is 31.3 Å². The molecule has 0 unspecified atom stereocenters. The first kappa shape index (κ1) is 16.4. The smallest absolute Gasteiger partial charge is 0.314 e. The molecule has 0 radical (unpaired) electrons. The molecule has 0 saturated carbocycles. The summed E-state index contributed by atoms with van der Waals surface area (Å²) in [6.45, 7) is 3.69. The molecule has 1 aliphatic carbocycles. The first-order valence-electron chi connectivity index (χ1n) is 8.14. The minimum absolute atomic E-state index is 0.121. The van der Waals surface area contributed by atoms with Gasteiger partial charge >= 0.3 is 6.03 Å². The van der Waals surface area contributed by atoms with Crippen LogP contribution < -0.4 is 15.4 Å². The Morgan fingerprint density at radius 1 is 1.18 bits per heavy atom. The van der Waals surface area contributed by atoms with Crippen LogP contribution in [-0.4, -0.2) is 25.7 Å². The Balaban J connectivity index is 1.54. The number of hydrogen-bond acceptors (Lipinski definition) is 2.